The Morgan fingerprint density at radius 1 is 1.41 bits per heavy atom. The molecule has 6 heteroatoms. The highest BCUT2D eigenvalue weighted by Gasteiger charge is 2.31. The molecule has 2 N–H and O–H groups in total. The number of nitrogens with two attached hydrogens (primary N) is 1. The van der Waals surface area contributed by atoms with E-state index in [9.17, 15) is 0 Å². The predicted octanol–water partition coefficient (Wildman–Crippen LogP) is 0.683. The minimum atomic E-state index is 0.429. The molecule has 1 aliphatic rings. The van der Waals surface area contributed by atoms with E-state index in [1.165, 1.54) is 19.2 Å². The van der Waals surface area contributed by atoms with Gasteiger partial charge in [-0.2, -0.15) is 4.98 Å². The molecule has 0 spiro atoms. The second kappa shape index (κ2) is 5.18. The van der Waals surface area contributed by atoms with Crippen LogP contribution in [0.5, 0.6) is 5.88 Å². The summed E-state index contributed by atoms with van der Waals surface area (Å²) in [5.74, 6) is 1.18. The zero-order chi connectivity index (χ0) is 12.3. The Bertz CT molecular complexity index is 382. The van der Waals surface area contributed by atoms with Gasteiger partial charge in [-0.15, -0.1) is 0 Å². The first-order chi connectivity index (χ1) is 8.27. The van der Waals surface area contributed by atoms with E-state index >= 15 is 0 Å². The lowest BCUT2D eigenvalue weighted by atomic mass is 10.3. The van der Waals surface area contributed by atoms with Crippen molar-refractivity contribution >= 4 is 11.5 Å². The van der Waals surface area contributed by atoms with Gasteiger partial charge in [-0.05, 0) is 12.8 Å². The van der Waals surface area contributed by atoms with Crippen molar-refractivity contribution in [2.75, 3.05) is 38.0 Å². The maximum atomic E-state index is 6.00. The number of hydrogen-bond donors (Lipinski definition) is 1. The highest BCUT2D eigenvalue weighted by molar-refractivity contribution is 5.68. The van der Waals surface area contributed by atoms with Crippen molar-refractivity contribution in [3.63, 3.8) is 0 Å². The monoisotopic (exact) mass is 238 g/mol. The van der Waals surface area contributed by atoms with Gasteiger partial charge in [0.05, 0.1) is 13.7 Å². The Morgan fingerprint density at radius 3 is 2.76 bits per heavy atom. The minimum absolute atomic E-state index is 0.429. The molecule has 0 aliphatic heterocycles. The van der Waals surface area contributed by atoms with Crippen LogP contribution < -0.4 is 15.4 Å². The number of rotatable bonds is 6. The van der Waals surface area contributed by atoms with Gasteiger partial charge in [0.15, 0.2) is 5.82 Å². The Labute approximate surface area is 101 Å². The van der Waals surface area contributed by atoms with E-state index in [4.69, 9.17) is 15.2 Å². The Kier molecular flexibility index (Phi) is 3.63. The molecule has 2 rings (SSSR count). The largest absolute Gasteiger partial charge is 0.479 e. The van der Waals surface area contributed by atoms with E-state index < -0.39 is 0 Å². The number of aromatic nitrogens is 2. The molecule has 0 unspecified atom stereocenters. The van der Waals surface area contributed by atoms with Crippen LogP contribution in [0.2, 0.25) is 0 Å². The highest BCUT2D eigenvalue weighted by Crippen LogP contribution is 2.35. The van der Waals surface area contributed by atoms with Crippen molar-refractivity contribution in [2.45, 2.75) is 18.9 Å². The van der Waals surface area contributed by atoms with Crippen molar-refractivity contribution in [3.8, 4) is 5.88 Å². The Balaban J connectivity index is 2.22. The summed E-state index contributed by atoms with van der Waals surface area (Å²) in [6.07, 6.45) is 3.83. The minimum Gasteiger partial charge on any atom is -0.479 e. The first-order valence-electron chi connectivity index (χ1n) is 5.68. The van der Waals surface area contributed by atoms with Gasteiger partial charge in [0.2, 0.25) is 5.88 Å². The molecule has 1 aromatic heterocycles. The van der Waals surface area contributed by atoms with Gasteiger partial charge in [0.1, 0.15) is 12.0 Å². The number of methoxy groups -OCH3 is 2. The molecule has 17 heavy (non-hydrogen) atoms. The molecule has 0 bridgehead atoms. The topological polar surface area (TPSA) is 73.5 Å². The van der Waals surface area contributed by atoms with Gasteiger partial charge >= 0.3 is 0 Å². The van der Waals surface area contributed by atoms with Crippen molar-refractivity contribution in [3.05, 3.63) is 6.33 Å². The molecule has 1 saturated carbocycles. The average molecular weight is 238 g/mol. The van der Waals surface area contributed by atoms with E-state index in [-0.39, 0.29) is 0 Å². The zero-order valence-electron chi connectivity index (χ0n) is 10.2. The maximum absolute atomic E-state index is 6.00. The molecule has 94 valence electrons. The van der Waals surface area contributed by atoms with E-state index in [1.54, 1.807) is 14.2 Å². The second-order valence-electron chi connectivity index (χ2n) is 4.04. The average Bonchev–Trinajstić information content (AvgIpc) is 3.16. The summed E-state index contributed by atoms with van der Waals surface area (Å²) in [6.45, 7) is 1.44. The molecule has 1 fully saturated rings. The van der Waals surface area contributed by atoms with Crippen molar-refractivity contribution in [1.82, 2.24) is 9.97 Å². The fourth-order valence-corrected chi connectivity index (χ4v) is 1.80. The maximum Gasteiger partial charge on any atom is 0.242 e. The molecule has 0 saturated heterocycles. The quantitative estimate of drug-likeness (QED) is 0.785. The predicted molar refractivity (Wildman–Crippen MR) is 65.2 cm³/mol. The lowest BCUT2D eigenvalue weighted by Crippen LogP contribution is -2.31. The lowest BCUT2D eigenvalue weighted by Gasteiger charge is -2.24. The van der Waals surface area contributed by atoms with Crippen LogP contribution in [0, 0.1) is 0 Å². The third kappa shape index (κ3) is 2.58. The molecule has 1 aromatic rings. The van der Waals surface area contributed by atoms with Crippen LogP contribution in [-0.2, 0) is 4.74 Å². The summed E-state index contributed by atoms with van der Waals surface area (Å²) >= 11 is 0. The molecular formula is C11H18N4O2. The third-order valence-corrected chi connectivity index (χ3v) is 2.82. The van der Waals surface area contributed by atoms with Crippen molar-refractivity contribution in [2.24, 2.45) is 0 Å². The fourth-order valence-electron chi connectivity index (χ4n) is 1.80. The summed E-state index contributed by atoms with van der Waals surface area (Å²) in [5, 5.41) is 0. The molecule has 1 heterocycles. The van der Waals surface area contributed by atoms with Crippen molar-refractivity contribution < 1.29 is 9.47 Å². The highest BCUT2D eigenvalue weighted by atomic mass is 16.5. The van der Waals surface area contributed by atoms with Crippen LogP contribution in [0.25, 0.3) is 0 Å². The van der Waals surface area contributed by atoms with Crippen LogP contribution in [0.3, 0.4) is 0 Å². The van der Waals surface area contributed by atoms with Crippen LogP contribution >= 0.6 is 0 Å². The number of nitrogens with zero attached hydrogens (tertiary/aromatic N) is 3. The van der Waals surface area contributed by atoms with Crippen molar-refractivity contribution in [1.29, 1.82) is 0 Å². The first kappa shape index (κ1) is 11.9. The summed E-state index contributed by atoms with van der Waals surface area (Å²) in [5.41, 5.74) is 6.50. The van der Waals surface area contributed by atoms with Gasteiger partial charge in [-0.3, -0.25) is 0 Å². The van der Waals surface area contributed by atoms with Gasteiger partial charge in [-0.1, -0.05) is 0 Å². The number of nitrogen functional groups attached to an aromatic ring is 1. The second-order valence-corrected chi connectivity index (χ2v) is 4.04. The number of ether oxygens (including phenoxy) is 2. The standard InChI is InChI=1S/C11H18N4O2/c1-16-6-5-15(8-3-4-8)10-9(12)11(17-2)14-7-13-10/h7-8H,3-6,12H2,1-2H3. The van der Waals surface area contributed by atoms with Crippen LogP contribution in [-0.4, -0.2) is 43.4 Å². The molecule has 0 atom stereocenters. The first-order valence-corrected chi connectivity index (χ1v) is 5.68. The van der Waals surface area contributed by atoms with Crippen LogP contribution in [0.1, 0.15) is 12.8 Å². The number of hydrogen-bond acceptors (Lipinski definition) is 6. The van der Waals surface area contributed by atoms with Gasteiger partial charge < -0.3 is 20.1 Å². The van der Waals surface area contributed by atoms with E-state index in [0.29, 0.717) is 24.2 Å². The van der Waals surface area contributed by atoms with E-state index in [0.717, 1.165) is 12.4 Å². The molecule has 0 radical (unpaired) electrons. The van der Waals surface area contributed by atoms with Gasteiger partial charge in [0, 0.05) is 19.7 Å². The lowest BCUT2D eigenvalue weighted by molar-refractivity contribution is 0.204. The Hall–Kier alpha value is -1.56. The molecule has 0 aromatic carbocycles. The van der Waals surface area contributed by atoms with Gasteiger partial charge in [0.25, 0.3) is 0 Å². The molecular weight excluding hydrogens is 220 g/mol. The van der Waals surface area contributed by atoms with E-state index in [2.05, 4.69) is 14.9 Å². The zero-order valence-corrected chi connectivity index (χ0v) is 10.2. The SMILES string of the molecule is COCCN(c1ncnc(OC)c1N)C1CC1. The summed E-state index contributed by atoms with van der Waals surface area (Å²) in [6, 6.07) is 0.520. The summed E-state index contributed by atoms with van der Waals surface area (Å²) in [4.78, 5) is 10.4. The molecule has 6 nitrogen and oxygen atoms in total. The summed E-state index contributed by atoms with van der Waals surface area (Å²) in [7, 11) is 3.24. The summed E-state index contributed by atoms with van der Waals surface area (Å²) < 4.78 is 10.2. The molecule has 0 amide bonds. The van der Waals surface area contributed by atoms with E-state index in [1.807, 2.05) is 0 Å². The smallest absolute Gasteiger partial charge is 0.242 e. The van der Waals surface area contributed by atoms with Crippen LogP contribution in [0.15, 0.2) is 6.33 Å². The third-order valence-electron chi connectivity index (χ3n) is 2.82. The molecule has 1 aliphatic carbocycles. The fraction of sp³-hybridized carbons (Fsp3) is 0.636. The normalized spacial score (nSPS) is 14.7. The number of anilines is 2. The van der Waals surface area contributed by atoms with Gasteiger partial charge in [-0.25, -0.2) is 4.98 Å². The Morgan fingerprint density at radius 2 is 2.18 bits per heavy atom. The van der Waals surface area contributed by atoms with Crippen LogP contribution in [0.4, 0.5) is 11.5 Å².